The maximum atomic E-state index is 11.7. The highest BCUT2D eigenvalue weighted by molar-refractivity contribution is 8.01. The number of nitrogens with one attached hydrogen (secondary N) is 1. The van der Waals surface area contributed by atoms with Crippen LogP contribution < -0.4 is 11.1 Å². The van der Waals surface area contributed by atoms with Crippen molar-refractivity contribution in [3.8, 4) is 0 Å². The van der Waals surface area contributed by atoms with Crippen molar-refractivity contribution >= 4 is 40.4 Å². The van der Waals surface area contributed by atoms with Gasteiger partial charge in [0, 0.05) is 11.4 Å². The zero-order chi connectivity index (χ0) is 13.0. The topological polar surface area (TPSA) is 80.9 Å². The third-order valence-corrected chi connectivity index (χ3v) is 3.98. The maximum absolute atomic E-state index is 11.7. The minimum Gasteiger partial charge on any atom is -0.399 e. The molecule has 0 atom stereocenters. The van der Waals surface area contributed by atoms with Gasteiger partial charge in [-0.15, -0.1) is 10.2 Å². The lowest BCUT2D eigenvalue weighted by Crippen LogP contribution is -2.14. The second-order valence-corrected chi connectivity index (χ2v) is 5.95. The highest BCUT2D eigenvalue weighted by atomic mass is 32.2. The van der Waals surface area contributed by atoms with Crippen LogP contribution in [0.4, 0.5) is 11.4 Å². The highest BCUT2D eigenvalue weighted by Gasteiger charge is 2.06. The molecule has 18 heavy (non-hydrogen) atoms. The van der Waals surface area contributed by atoms with Crippen molar-refractivity contribution in [1.82, 2.24) is 10.2 Å². The van der Waals surface area contributed by atoms with Crippen LogP contribution in [0.2, 0.25) is 0 Å². The van der Waals surface area contributed by atoms with E-state index in [1.807, 2.05) is 6.92 Å². The number of benzene rings is 1. The highest BCUT2D eigenvalue weighted by Crippen LogP contribution is 2.22. The van der Waals surface area contributed by atoms with Crippen LogP contribution in [0.1, 0.15) is 5.01 Å². The summed E-state index contributed by atoms with van der Waals surface area (Å²) in [5.41, 5.74) is 6.96. The first kappa shape index (κ1) is 12.8. The lowest BCUT2D eigenvalue weighted by Gasteiger charge is -2.04. The fraction of sp³-hybridized carbons (Fsp3) is 0.182. The second kappa shape index (κ2) is 5.83. The first-order chi connectivity index (χ1) is 8.63. The molecule has 2 aromatic rings. The molecule has 0 saturated heterocycles. The maximum Gasteiger partial charge on any atom is 0.234 e. The Labute approximate surface area is 113 Å². The Balaban J connectivity index is 1.85. The van der Waals surface area contributed by atoms with Crippen LogP contribution in [0.15, 0.2) is 28.6 Å². The van der Waals surface area contributed by atoms with Gasteiger partial charge in [0.25, 0.3) is 0 Å². The van der Waals surface area contributed by atoms with Crippen LogP contribution in [0.5, 0.6) is 0 Å². The van der Waals surface area contributed by atoms with Crippen LogP contribution in [0.3, 0.4) is 0 Å². The summed E-state index contributed by atoms with van der Waals surface area (Å²) in [7, 11) is 0. The Morgan fingerprint density at radius 1 is 1.50 bits per heavy atom. The Hall–Kier alpha value is -1.60. The van der Waals surface area contributed by atoms with Crippen molar-refractivity contribution in [1.29, 1.82) is 0 Å². The number of rotatable bonds is 4. The first-order valence-corrected chi connectivity index (χ1v) is 7.02. The number of aryl methyl sites for hydroxylation is 1. The van der Waals surface area contributed by atoms with Crippen LogP contribution >= 0.6 is 23.1 Å². The molecule has 0 fully saturated rings. The molecule has 3 N–H and O–H groups in total. The summed E-state index contributed by atoms with van der Waals surface area (Å²) in [6.07, 6.45) is 0. The molecular weight excluding hydrogens is 268 g/mol. The van der Waals surface area contributed by atoms with Gasteiger partial charge in [-0.2, -0.15) is 0 Å². The minimum atomic E-state index is -0.0848. The monoisotopic (exact) mass is 280 g/mol. The fourth-order valence-electron chi connectivity index (χ4n) is 1.28. The summed E-state index contributed by atoms with van der Waals surface area (Å²) < 4.78 is 0.801. The zero-order valence-electron chi connectivity index (χ0n) is 9.71. The summed E-state index contributed by atoms with van der Waals surface area (Å²) in [5.74, 6) is 0.224. The second-order valence-electron chi connectivity index (χ2n) is 3.55. The summed E-state index contributed by atoms with van der Waals surface area (Å²) in [6.45, 7) is 1.88. The predicted molar refractivity (Wildman–Crippen MR) is 74.9 cm³/mol. The minimum absolute atomic E-state index is 0.0848. The van der Waals surface area contributed by atoms with Crippen molar-refractivity contribution in [2.24, 2.45) is 0 Å². The standard InChI is InChI=1S/C11H12N4OS2/c1-7-14-15-11(18-7)17-6-10(16)13-9-4-2-3-8(12)5-9/h2-5H,6,12H2,1H3,(H,13,16). The normalized spacial score (nSPS) is 10.3. The Kier molecular flexibility index (Phi) is 4.16. The molecule has 1 aromatic heterocycles. The molecule has 0 aliphatic rings. The zero-order valence-corrected chi connectivity index (χ0v) is 11.3. The molecule has 0 saturated carbocycles. The number of anilines is 2. The molecule has 0 radical (unpaired) electrons. The molecule has 0 aliphatic heterocycles. The fourth-order valence-corrected chi connectivity index (χ4v) is 2.89. The molecule has 1 aromatic carbocycles. The van der Waals surface area contributed by atoms with E-state index in [4.69, 9.17) is 5.73 Å². The summed E-state index contributed by atoms with van der Waals surface area (Å²) in [6, 6.07) is 7.09. The molecule has 1 heterocycles. The summed E-state index contributed by atoms with van der Waals surface area (Å²) >= 11 is 2.85. The molecule has 0 aliphatic carbocycles. The van der Waals surface area contributed by atoms with E-state index in [0.717, 1.165) is 9.35 Å². The predicted octanol–water partition coefficient (Wildman–Crippen LogP) is 2.16. The third-order valence-electron chi connectivity index (χ3n) is 2.00. The Bertz CT molecular complexity index is 555. The van der Waals surface area contributed by atoms with Gasteiger partial charge in [0.15, 0.2) is 4.34 Å². The largest absolute Gasteiger partial charge is 0.399 e. The van der Waals surface area contributed by atoms with Crippen LogP contribution in [-0.2, 0) is 4.79 Å². The molecule has 2 rings (SSSR count). The van der Waals surface area contributed by atoms with Gasteiger partial charge < -0.3 is 11.1 Å². The van der Waals surface area contributed by atoms with E-state index in [1.54, 1.807) is 24.3 Å². The number of nitrogens with two attached hydrogens (primary N) is 1. The van der Waals surface area contributed by atoms with Crippen molar-refractivity contribution < 1.29 is 4.79 Å². The van der Waals surface area contributed by atoms with Crippen LogP contribution in [0, 0.1) is 6.92 Å². The van der Waals surface area contributed by atoms with Gasteiger partial charge in [-0.3, -0.25) is 4.79 Å². The number of hydrogen-bond donors (Lipinski definition) is 2. The first-order valence-electron chi connectivity index (χ1n) is 5.22. The molecule has 0 unspecified atom stereocenters. The Morgan fingerprint density at radius 2 is 2.33 bits per heavy atom. The van der Waals surface area contributed by atoms with Gasteiger partial charge in [0.05, 0.1) is 5.75 Å². The number of nitrogen functional groups attached to an aromatic ring is 1. The number of aromatic nitrogens is 2. The van der Waals surface area contributed by atoms with Crippen molar-refractivity contribution in [2.75, 3.05) is 16.8 Å². The Morgan fingerprint density at radius 3 is 3.00 bits per heavy atom. The van der Waals surface area contributed by atoms with E-state index in [-0.39, 0.29) is 5.91 Å². The molecule has 0 spiro atoms. The number of nitrogens with zero attached hydrogens (tertiary/aromatic N) is 2. The van der Waals surface area contributed by atoms with E-state index in [1.165, 1.54) is 23.1 Å². The number of thioether (sulfide) groups is 1. The van der Waals surface area contributed by atoms with Crippen LogP contribution in [-0.4, -0.2) is 21.9 Å². The molecule has 5 nitrogen and oxygen atoms in total. The smallest absolute Gasteiger partial charge is 0.234 e. The van der Waals surface area contributed by atoms with E-state index in [9.17, 15) is 4.79 Å². The van der Waals surface area contributed by atoms with E-state index >= 15 is 0 Å². The number of amides is 1. The van der Waals surface area contributed by atoms with Crippen molar-refractivity contribution in [2.45, 2.75) is 11.3 Å². The van der Waals surface area contributed by atoms with Gasteiger partial charge >= 0.3 is 0 Å². The quantitative estimate of drug-likeness (QED) is 0.662. The van der Waals surface area contributed by atoms with Crippen molar-refractivity contribution in [3.05, 3.63) is 29.3 Å². The van der Waals surface area contributed by atoms with Gasteiger partial charge in [0.2, 0.25) is 5.91 Å². The molecule has 1 amide bonds. The average molecular weight is 280 g/mol. The molecule has 94 valence electrons. The van der Waals surface area contributed by atoms with E-state index in [2.05, 4.69) is 15.5 Å². The average Bonchev–Trinajstić information content (AvgIpc) is 2.73. The van der Waals surface area contributed by atoms with Gasteiger partial charge in [-0.1, -0.05) is 29.2 Å². The number of hydrogen-bond acceptors (Lipinski definition) is 6. The molecule has 7 heteroatoms. The molecular formula is C11H12N4OS2. The summed E-state index contributed by atoms with van der Waals surface area (Å²) in [4.78, 5) is 11.7. The lowest BCUT2D eigenvalue weighted by atomic mass is 10.3. The number of carbonyl (C=O) groups is 1. The van der Waals surface area contributed by atoms with E-state index < -0.39 is 0 Å². The van der Waals surface area contributed by atoms with Gasteiger partial charge in [-0.05, 0) is 25.1 Å². The lowest BCUT2D eigenvalue weighted by molar-refractivity contribution is -0.113. The van der Waals surface area contributed by atoms with E-state index in [0.29, 0.717) is 17.1 Å². The SMILES string of the molecule is Cc1nnc(SCC(=O)Nc2cccc(N)c2)s1. The third kappa shape index (κ3) is 3.71. The van der Waals surface area contributed by atoms with Crippen molar-refractivity contribution in [3.63, 3.8) is 0 Å². The molecule has 0 bridgehead atoms. The van der Waals surface area contributed by atoms with Gasteiger partial charge in [-0.25, -0.2) is 0 Å². The summed E-state index contributed by atoms with van der Waals surface area (Å²) in [5, 5.41) is 11.5. The number of carbonyl (C=O) groups excluding carboxylic acids is 1. The van der Waals surface area contributed by atoms with Gasteiger partial charge in [0.1, 0.15) is 5.01 Å². The van der Waals surface area contributed by atoms with Crippen LogP contribution in [0.25, 0.3) is 0 Å².